The van der Waals surface area contributed by atoms with E-state index < -0.39 is 0 Å². The van der Waals surface area contributed by atoms with Crippen molar-refractivity contribution < 1.29 is 0 Å². The smallest absolute Gasteiger partial charge is 0.185 e. The number of benzene rings is 1. The zero-order valence-corrected chi connectivity index (χ0v) is 14.2. The molecule has 0 radical (unpaired) electrons. The minimum Gasteiger partial charge on any atom is -0.351 e. The van der Waals surface area contributed by atoms with Crippen molar-refractivity contribution in [2.75, 3.05) is 25.5 Å². The van der Waals surface area contributed by atoms with Gasteiger partial charge in [-0.2, -0.15) is 0 Å². The van der Waals surface area contributed by atoms with Crippen LogP contribution in [0.5, 0.6) is 0 Å². The fraction of sp³-hybridized carbons (Fsp3) is 0.471. The first kappa shape index (κ1) is 16.0. The van der Waals surface area contributed by atoms with Crippen molar-refractivity contribution in [2.24, 2.45) is 5.92 Å². The number of aromatic nitrogens is 1. The monoisotopic (exact) mass is 303 g/mol. The molecule has 21 heavy (non-hydrogen) atoms. The molecule has 114 valence electrons. The summed E-state index contributed by atoms with van der Waals surface area (Å²) in [6.07, 6.45) is 1.20. The van der Waals surface area contributed by atoms with Gasteiger partial charge in [0.2, 0.25) is 0 Å². The summed E-state index contributed by atoms with van der Waals surface area (Å²) in [5, 5.41) is 4.36. The molecule has 4 heteroatoms. The number of rotatable bonds is 7. The van der Waals surface area contributed by atoms with Crippen LogP contribution >= 0.6 is 11.3 Å². The second-order valence-electron chi connectivity index (χ2n) is 5.56. The second kappa shape index (κ2) is 7.57. The molecule has 1 unspecified atom stereocenters. The van der Waals surface area contributed by atoms with E-state index in [-0.39, 0.29) is 0 Å². The lowest BCUT2D eigenvalue weighted by Gasteiger charge is -2.19. The molecule has 0 aliphatic heterocycles. The molecule has 0 saturated heterocycles. The fourth-order valence-electron chi connectivity index (χ4n) is 2.28. The summed E-state index contributed by atoms with van der Waals surface area (Å²) in [4.78, 5) is 8.47. The lowest BCUT2D eigenvalue weighted by Crippen LogP contribution is -2.23. The van der Waals surface area contributed by atoms with Gasteiger partial charge in [-0.1, -0.05) is 61.9 Å². The fourth-order valence-corrected chi connectivity index (χ4v) is 3.34. The third-order valence-corrected chi connectivity index (χ3v) is 4.85. The Balaban J connectivity index is 2.29. The molecule has 2 aromatic rings. The molecule has 1 atom stereocenters. The first-order chi connectivity index (χ1) is 10.2. The summed E-state index contributed by atoms with van der Waals surface area (Å²) >= 11 is 1.79. The molecule has 1 aromatic heterocycles. The average Bonchev–Trinajstić information content (AvgIpc) is 2.92. The van der Waals surface area contributed by atoms with Crippen LogP contribution in [0.2, 0.25) is 0 Å². The Morgan fingerprint density at radius 3 is 2.62 bits per heavy atom. The van der Waals surface area contributed by atoms with E-state index in [1.165, 1.54) is 16.9 Å². The third kappa shape index (κ3) is 4.05. The van der Waals surface area contributed by atoms with E-state index in [0.717, 1.165) is 23.9 Å². The van der Waals surface area contributed by atoms with E-state index in [2.05, 4.69) is 55.4 Å². The molecule has 0 saturated carbocycles. The predicted octanol–water partition coefficient (Wildman–Crippen LogP) is 4.01. The van der Waals surface area contributed by atoms with Gasteiger partial charge in [0.1, 0.15) is 0 Å². The Kier molecular flexibility index (Phi) is 5.76. The highest BCUT2D eigenvalue weighted by Gasteiger charge is 2.16. The van der Waals surface area contributed by atoms with Gasteiger partial charge < -0.3 is 10.2 Å². The molecule has 2 rings (SSSR count). The van der Waals surface area contributed by atoms with Crippen molar-refractivity contribution in [3.05, 3.63) is 35.2 Å². The molecule has 0 bridgehead atoms. The van der Waals surface area contributed by atoms with Gasteiger partial charge in [0.05, 0.1) is 5.69 Å². The first-order valence-corrected chi connectivity index (χ1v) is 8.38. The molecule has 0 aliphatic carbocycles. The number of nitrogens with one attached hydrogen (secondary N) is 1. The number of hydrogen-bond acceptors (Lipinski definition) is 4. The molecule has 1 heterocycles. The summed E-state index contributed by atoms with van der Waals surface area (Å²) in [5.41, 5.74) is 2.31. The lowest BCUT2D eigenvalue weighted by atomic mass is 10.1. The Morgan fingerprint density at radius 1 is 1.29 bits per heavy atom. The molecule has 1 N–H and O–H groups in total. The lowest BCUT2D eigenvalue weighted by molar-refractivity contribution is 0.559. The van der Waals surface area contributed by atoms with Gasteiger partial charge in [-0.15, -0.1) is 0 Å². The van der Waals surface area contributed by atoms with Gasteiger partial charge in [0.25, 0.3) is 0 Å². The van der Waals surface area contributed by atoms with Crippen LogP contribution in [0.3, 0.4) is 0 Å². The number of hydrogen-bond donors (Lipinski definition) is 1. The molecule has 0 fully saturated rings. The van der Waals surface area contributed by atoms with Crippen LogP contribution in [0.1, 0.15) is 25.1 Å². The van der Waals surface area contributed by atoms with Crippen molar-refractivity contribution in [2.45, 2.75) is 26.8 Å². The Morgan fingerprint density at radius 2 is 2.00 bits per heavy atom. The summed E-state index contributed by atoms with van der Waals surface area (Å²) < 4.78 is 0. The molecular weight excluding hydrogens is 278 g/mol. The molecular formula is C17H25N3S. The summed E-state index contributed by atoms with van der Waals surface area (Å²) in [6, 6.07) is 10.4. The van der Waals surface area contributed by atoms with Crippen molar-refractivity contribution in [1.82, 2.24) is 10.3 Å². The van der Waals surface area contributed by atoms with Crippen LogP contribution in [-0.2, 0) is 6.54 Å². The van der Waals surface area contributed by atoms with Gasteiger partial charge in [-0.05, 0) is 13.0 Å². The second-order valence-corrected chi connectivity index (χ2v) is 6.62. The van der Waals surface area contributed by atoms with Gasteiger partial charge in [0, 0.05) is 30.6 Å². The van der Waals surface area contributed by atoms with E-state index >= 15 is 0 Å². The maximum atomic E-state index is 4.89. The molecule has 0 spiro atoms. The Hall–Kier alpha value is -1.39. The third-order valence-electron chi connectivity index (χ3n) is 3.68. The molecule has 3 nitrogen and oxygen atoms in total. The quantitative estimate of drug-likeness (QED) is 0.837. The highest BCUT2D eigenvalue weighted by molar-refractivity contribution is 7.16. The van der Waals surface area contributed by atoms with Crippen molar-refractivity contribution in [3.8, 4) is 11.3 Å². The van der Waals surface area contributed by atoms with E-state index in [1.807, 2.05) is 13.1 Å². The minimum absolute atomic E-state index is 0.687. The zero-order chi connectivity index (χ0) is 15.2. The average molecular weight is 303 g/mol. The van der Waals surface area contributed by atoms with Crippen LogP contribution in [0.15, 0.2) is 30.3 Å². The van der Waals surface area contributed by atoms with E-state index in [1.54, 1.807) is 11.3 Å². The van der Waals surface area contributed by atoms with Crippen LogP contribution in [-0.4, -0.2) is 25.6 Å². The van der Waals surface area contributed by atoms with Crippen LogP contribution in [0.25, 0.3) is 11.3 Å². The van der Waals surface area contributed by atoms with Crippen LogP contribution in [0.4, 0.5) is 5.13 Å². The van der Waals surface area contributed by atoms with Gasteiger partial charge in [0.15, 0.2) is 5.13 Å². The summed E-state index contributed by atoms with van der Waals surface area (Å²) in [7, 11) is 4.12. The van der Waals surface area contributed by atoms with E-state index in [4.69, 9.17) is 4.98 Å². The number of nitrogens with zero attached hydrogens (tertiary/aromatic N) is 2. The van der Waals surface area contributed by atoms with E-state index in [9.17, 15) is 0 Å². The summed E-state index contributed by atoms with van der Waals surface area (Å²) in [6.45, 7) is 6.44. The van der Waals surface area contributed by atoms with Crippen molar-refractivity contribution >= 4 is 16.5 Å². The summed E-state index contributed by atoms with van der Waals surface area (Å²) in [5.74, 6) is 0.687. The van der Waals surface area contributed by atoms with Crippen LogP contribution in [0, 0.1) is 5.92 Å². The molecule has 0 aliphatic rings. The molecule has 0 amide bonds. The number of anilines is 1. The Bertz CT molecular complexity index is 550. The Labute approximate surface area is 132 Å². The first-order valence-electron chi connectivity index (χ1n) is 7.56. The minimum atomic E-state index is 0.687. The van der Waals surface area contributed by atoms with Crippen LogP contribution < -0.4 is 10.2 Å². The highest BCUT2D eigenvalue weighted by Crippen LogP contribution is 2.33. The topological polar surface area (TPSA) is 28.2 Å². The molecule has 1 aromatic carbocycles. The maximum absolute atomic E-state index is 4.89. The largest absolute Gasteiger partial charge is 0.351 e. The van der Waals surface area contributed by atoms with Crippen molar-refractivity contribution in [1.29, 1.82) is 0 Å². The standard InChI is InChI=1S/C17H25N3S/c1-5-13(2)12-20(4)17-19-16(15(21-17)11-18-3)14-9-7-6-8-10-14/h6-10,13,18H,5,11-12H2,1-4H3. The van der Waals surface area contributed by atoms with Crippen molar-refractivity contribution in [3.63, 3.8) is 0 Å². The maximum Gasteiger partial charge on any atom is 0.185 e. The van der Waals surface area contributed by atoms with E-state index in [0.29, 0.717) is 5.92 Å². The SMILES string of the molecule is CCC(C)CN(C)c1nc(-c2ccccc2)c(CNC)s1. The highest BCUT2D eigenvalue weighted by atomic mass is 32.1. The van der Waals surface area contributed by atoms with Gasteiger partial charge >= 0.3 is 0 Å². The predicted molar refractivity (Wildman–Crippen MR) is 93.0 cm³/mol. The van der Waals surface area contributed by atoms with Gasteiger partial charge in [-0.25, -0.2) is 4.98 Å². The van der Waals surface area contributed by atoms with Gasteiger partial charge in [-0.3, -0.25) is 0 Å². The normalized spacial score (nSPS) is 12.4. The number of thiazole rings is 1. The zero-order valence-electron chi connectivity index (χ0n) is 13.4.